The van der Waals surface area contributed by atoms with Crippen molar-refractivity contribution in [3.05, 3.63) is 0 Å². The van der Waals surface area contributed by atoms with E-state index in [9.17, 15) is 23.5 Å². The maximum atomic E-state index is 11.7. The third kappa shape index (κ3) is 5.16. The van der Waals surface area contributed by atoms with Crippen molar-refractivity contribution in [1.82, 2.24) is 5.32 Å². The number of aliphatic hydroxyl groups excluding tert-OH is 2. The first-order valence-corrected chi connectivity index (χ1v) is 11.7. The van der Waals surface area contributed by atoms with Gasteiger partial charge in [-0.25, -0.2) is 0 Å². The summed E-state index contributed by atoms with van der Waals surface area (Å²) in [5, 5.41) is 29.8. The number of carboxylic acid groups (broad SMARTS) is 1. The second-order valence-corrected chi connectivity index (χ2v) is 12.3. The number of nitrogens with one attached hydrogen (secondary N) is 1. The van der Waals surface area contributed by atoms with Crippen LogP contribution in [0.1, 0.15) is 0 Å². The number of aliphatic carboxylic acids is 1. The van der Waals surface area contributed by atoms with Crippen LogP contribution in [0, 0.1) is 0 Å². The molecule has 1 heterocycles. The molecule has 10 heteroatoms. The molecule has 0 bridgehead atoms. The van der Waals surface area contributed by atoms with Crippen LogP contribution in [-0.2, 0) is 18.0 Å². The van der Waals surface area contributed by atoms with Crippen LogP contribution in [0.4, 0.5) is 4.79 Å². The fraction of sp³-hybridized carbons (Fsp3) is 0.800. The monoisotopic (exact) mass is 355 g/mol. The molecule has 4 atom stereocenters. The molecule has 0 aliphatic carbocycles. The van der Waals surface area contributed by atoms with Gasteiger partial charge in [0, 0.05) is 0 Å². The minimum absolute atomic E-state index is 0.0904. The van der Waals surface area contributed by atoms with Crippen LogP contribution >= 0.6 is 0 Å². The molecule has 1 saturated heterocycles. The minimum atomic E-state index is -3.10. The summed E-state index contributed by atoms with van der Waals surface area (Å²) >= 11 is -3.10. The van der Waals surface area contributed by atoms with Gasteiger partial charge in [-0.1, -0.05) is 0 Å². The van der Waals surface area contributed by atoms with Crippen molar-refractivity contribution in [1.29, 1.82) is 0 Å². The zero-order valence-electron chi connectivity index (χ0n) is 11.1. The molecule has 2 unspecified atom stereocenters. The summed E-state index contributed by atoms with van der Waals surface area (Å²) in [6.45, 7) is -0.643. The molecule has 9 nitrogen and oxygen atoms in total. The summed E-state index contributed by atoms with van der Waals surface area (Å²) in [7, 11) is 0. The van der Waals surface area contributed by atoms with Crippen LogP contribution in [0.15, 0.2) is 0 Å². The Bertz CT molecular complexity index is 421. The van der Waals surface area contributed by atoms with Gasteiger partial charge in [0.25, 0.3) is 0 Å². The quantitative estimate of drug-likeness (QED) is 0.454. The molecule has 0 aromatic rings. The van der Waals surface area contributed by atoms with E-state index in [1.54, 1.807) is 11.4 Å². The van der Waals surface area contributed by atoms with Gasteiger partial charge in [0.1, 0.15) is 0 Å². The molecule has 0 saturated carbocycles. The Labute approximate surface area is 117 Å². The van der Waals surface area contributed by atoms with Crippen molar-refractivity contribution < 1.29 is 38.1 Å². The number of carboxylic acids is 1. The van der Waals surface area contributed by atoms with Crippen molar-refractivity contribution in [2.45, 2.75) is 41.2 Å². The molecule has 0 radical (unpaired) electrons. The molecular weight excluding hydrogens is 337 g/mol. The topological polar surface area (TPSA) is 142 Å². The Morgan fingerprint density at radius 2 is 1.90 bits per heavy atom. The van der Waals surface area contributed by atoms with E-state index in [0.29, 0.717) is 0 Å². The maximum absolute atomic E-state index is 11.7. The zero-order valence-corrected chi connectivity index (χ0v) is 12.9. The van der Waals surface area contributed by atoms with E-state index in [2.05, 4.69) is 4.74 Å². The van der Waals surface area contributed by atoms with E-state index in [1.807, 2.05) is 5.32 Å². The standard InChI is InChI=1S/C10H18AsNO8/c1-11(2,18)3-5-7(15)8(16)9(19-5)20-10(17)12-4-6(13)14/h5,7-9,15-16H,3-4H2,1-2H3,(H,12,17)(H,13,14)/t5-,7?,8?,9+/m1/s1. The Morgan fingerprint density at radius 1 is 1.30 bits per heavy atom. The van der Waals surface area contributed by atoms with Gasteiger partial charge in [0.05, 0.1) is 0 Å². The summed E-state index contributed by atoms with van der Waals surface area (Å²) in [5.41, 5.74) is 3.13. The van der Waals surface area contributed by atoms with Crippen LogP contribution in [0.3, 0.4) is 0 Å². The van der Waals surface area contributed by atoms with Crippen molar-refractivity contribution >= 4 is 25.6 Å². The van der Waals surface area contributed by atoms with Crippen molar-refractivity contribution in [3.63, 3.8) is 0 Å². The molecule has 20 heavy (non-hydrogen) atoms. The van der Waals surface area contributed by atoms with Crippen LogP contribution in [-0.4, -0.2) is 72.0 Å². The van der Waals surface area contributed by atoms with E-state index < -0.39 is 56.7 Å². The van der Waals surface area contributed by atoms with Gasteiger partial charge in [0.15, 0.2) is 0 Å². The van der Waals surface area contributed by atoms with Gasteiger partial charge in [-0.3, -0.25) is 0 Å². The Morgan fingerprint density at radius 3 is 2.40 bits per heavy atom. The SMILES string of the molecule is C[As](C)(=O)C[C@H]1O[C@@H](OC(=O)NCC(=O)O)C(O)C1O. The van der Waals surface area contributed by atoms with Crippen LogP contribution in [0.2, 0.25) is 16.6 Å². The average molecular weight is 355 g/mol. The van der Waals surface area contributed by atoms with E-state index in [4.69, 9.17) is 9.84 Å². The molecule has 0 aromatic carbocycles. The number of hydrogen-bond acceptors (Lipinski definition) is 7. The molecule has 1 aliphatic rings. The number of aliphatic hydroxyl groups is 2. The summed E-state index contributed by atoms with van der Waals surface area (Å²) in [6.07, 6.45) is -6.20. The predicted octanol–water partition coefficient (Wildman–Crippen LogP) is -1.12. The van der Waals surface area contributed by atoms with Gasteiger partial charge in [-0.15, -0.1) is 0 Å². The van der Waals surface area contributed by atoms with Crippen molar-refractivity contribution in [2.75, 3.05) is 6.54 Å². The van der Waals surface area contributed by atoms with Crippen molar-refractivity contribution in [3.8, 4) is 0 Å². The van der Waals surface area contributed by atoms with Gasteiger partial charge in [-0.2, -0.15) is 0 Å². The van der Waals surface area contributed by atoms with Crippen LogP contribution in [0.5, 0.6) is 0 Å². The molecule has 1 fully saturated rings. The molecule has 4 N–H and O–H groups in total. The summed E-state index contributed by atoms with van der Waals surface area (Å²) in [4.78, 5) is 21.5. The van der Waals surface area contributed by atoms with Crippen LogP contribution in [0.25, 0.3) is 0 Å². The number of carbonyl (C=O) groups excluding carboxylic acids is 1. The van der Waals surface area contributed by atoms with E-state index in [-0.39, 0.29) is 5.21 Å². The fourth-order valence-electron chi connectivity index (χ4n) is 1.69. The van der Waals surface area contributed by atoms with Gasteiger partial charge >= 0.3 is 117 Å². The average Bonchev–Trinajstić information content (AvgIpc) is 2.53. The molecule has 1 amide bonds. The number of alkyl carbamates (subject to hydrolysis) is 1. The van der Waals surface area contributed by atoms with Crippen LogP contribution < -0.4 is 5.32 Å². The van der Waals surface area contributed by atoms with Gasteiger partial charge in [-0.05, 0) is 0 Å². The summed E-state index contributed by atoms with van der Waals surface area (Å²) < 4.78 is 21.5. The second-order valence-electron chi connectivity index (χ2n) is 4.93. The first-order valence-electron chi connectivity index (χ1n) is 5.82. The third-order valence-electron chi connectivity index (χ3n) is 2.55. The molecule has 1 aliphatic heterocycles. The van der Waals surface area contributed by atoms with Gasteiger partial charge in [0.2, 0.25) is 0 Å². The second kappa shape index (κ2) is 6.62. The summed E-state index contributed by atoms with van der Waals surface area (Å²) in [5.74, 6) is -1.26. The first-order chi connectivity index (χ1) is 9.10. The van der Waals surface area contributed by atoms with E-state index >= 15 is 0 Å². The molecule has 0 spiro atoms. The Balaban J connectivity index is 2.54. The number of rotatable bonds is 5. The number of carbonyl (C=O) groups is 2. The third-order valence-corrected chi connectivity index (χ3v) is 5.15. The van der Waals surface area contributed by atoms with Gasteiger partial charge < -0.3 is 0 Å². The first kappa shape index (κ1) is 17.0. The Kier molecular flexibility index (Phi) is 5.64. The summed E-state index contributed by atoms with van der Waals surface area (Å²) in [6, 6.07) is 0. The predicted molar refractivity (Wildman–Crippen MR) is 65.8 cm³/mol. The number of hydrogen-bond donors (Lipinski definition) is 4. The van der Waals surface area contributed by atoms with E-state index in [1.165, 1.54) is 0 Å². The Hall–Kier alpha value is -1.02. The number of amides is 1. The van der Waals surface area contributed by atoms with Crippen molar-refractivity contribution in [2.24, 2.45) is 0 Å². The number of ether oxygens (including phenoxy) is 2. The zero-order chi connectivity index (χ0) is 15.5. The molecule has 0 aromatic heterocycles. The molecular formula is C10H18AsNO8. The normalized spacial score (nSPS) is 30.0. The molecule has 116 valence electrons. The fourth-order valence-corrected chi connectivity index (χ4v) is 4.14. The molecule has 1 rings (SSSR count). The van der Waals surface area contributed by atoms with E-state index in [0.717, 1.165) is 0 Å².